The molecule has 8 nitrogen and oxygen atoms in total. The Hall–Kier alpha value is 1.63. The van der Waals surface area contributed by atoms with Gasteiger partial charge >= 0.3 is 0 Å². The second-order valence-electron chi connectivity index (χ2n) is 5.78. The van der Waals surface area contributed by atoms with E-state index >= 15 is 0 Å². The Morgan fingerprint density at radius 3 is 2.80 bits per heavy atom. The summed E-state index contributed by atoms with van der Waals surface area (Å²) in [6.45, 7) is 2.47. The van der Waals surface area contributed by atoms with Crippen molar-refractivity contribution in [2.75, 3.05) is 14.2 Å². The molecule has 116 valence electrons. The summed E-state index contributed by atoms with van der Waals surface area (Å²) in [4.78, 5) is 0. The summed E-state index contributed by atoms with van der Waals surface area (Å²) >= 11 is 0. The standard InChI is InChI=1S/C3H27N7OSi9/c1-6-16-8-14-4-13-7(12-3)15-5-19(8)10-17-9(18-11-2)20(6)10/h4-5,19-20H,12-18H2,1-3H3. The van der Waals surface area contributed by atoms with Gasteiger partial charge in [0.15, 0.2) is 49.2 Å². The maximum absolute atomic E-state index is 5.54. The van der Waals surface area contributed by atoms with E-state index in [2.05, 4.69) is 42.7 Å². The molecule has 3 heterocycles. The molecule has 0 spiro atoms. The van der Waals surface area contributed by atoms with Crippen LogP contribution in [0.1, 0.15) is 0 Å². The molecule has 0 saturated carbocycles. The molecule has 2 unspecified atom stereocenters. The van der Waals surface area contributed by atoms with E-state index in [9.17, 15) is 0 Å². The second kappa shape index (κ2) is 7.47. The number of nitrogens with one attached hydrogen (secondary N) is 2. The van der Waals surface area contributed by atoms with Crippen molar-refractivity contribution in [2.45, 2.75) is 6.55 Å². The Labute approximate surface area is 141 Å². The predicted molar refractivity (Wildman–Crippen MR) is 108 cm³/mol. The van der Waals surface area contributed by atoms with Crippen molar-refractivity contribution in [2.24, 2.45) is 0 Å². The fourth-order valence-electron chi connectivity index (χ4n) is 3.35. The highest BCUT2D eigenvalue weighted by Crippen LogP contribution is 2.20. The largest absolute Gasteiger partial charge is 0.413 e. The van der Waals surface area contributed by atoms with Gasteiger partial charge in [-0.1, -0.05) is 6.55 Å². The molecule has 0 aromatic heterocycles. The van der Waals surface area contributed by atoms with Gasteiger partial charge in [-0.3, -0.25) is 0 Å². The number of rotatable bonds is 3. The van der Waals surface area contributed by atoms with Gasteiger partial charge in [-0.25, -0.2) is 0 Å². The van der Waals surface area contributed by atoms with Gasteiger partial charge in [0.05, 0.1) is 9.68 Å². The number of nitrogens with zero attached hydrogens (tertiary/aromatic N) is 5. The van der Waals surface area contributed by atoms with Crippen molar-refractivity contribution in [1.29, 1.82) is 0 Å². The zero-order valence-electron chi connectivity index (χ0n) is 12.7. The van der Waals surface area contributed by atoms with Gasteiger partial charge < -0.3 is 33.5 Å². The Morgan fingerprint density at radius 1 is 1.20 bits per heavy atom. The quantitative estimate of drug-likeness (QED) is 0.429. The summed E-state index contributed by atoms with van der Waals surface area (Å²) in [5, 5.41) is 0. The summed E-state index contributed by atoms with van der Waals surface area (Å²) in [5.41, 5.74) is 0. The van der Waals surface area contributed by atoms with Crippen LogP contribution in [0.5, 0.6) is 0 Å². The van der Waals surface area contributed by atoms with Crippen LogP contribution in [0, 0.1) is 0 Å². The number of fused-ring (bicyclic) bond motifs is 3. The summed E-state index contributed by atoms with van der Waals surface area (Å²) < 4.78 is 28.4. The van der Waals surface area contributed by atoms with Gasteiger partial charge in [-0.2, -0.15) is 0 Å². The first-order chi connectivity index (χ1) is 9.74. The maximum Gasteiger partial charge on any atom is 0.243 e. The molecule has 0 aliphatic carbocycles. The molecular weight excluding hydrogens is 403 g/mol. The first-order valence-electron chi connectivity index (χ1n) is 7.34. The van der Waals surface area contributed by atoms with E-state index in [0.717, 1.165) is 0 Å². The molecule has 2 N–H and O–H groups in total. The molecule has 0 radical (unpaired) electrons. The molecule has 3 aliphatic rings. The van der Waals surface area contributed by atoms with Crippen molar-refractivity contribution in [3.05, 3.63) is 0 Å². The smallest absolute Gasteiger partial charge is 0.243 e. The average Bonchev–Trinajstić information content (AvgIpc) is 2.38. The highest BCUT2D eigenvalue weighted by atomic mass is 28.5. The van der Waals surface area contributed by atoms with Crippen LogP contribution in [-0.2, 0) is 4.43 Å². The first kappa shape index (κ1) is 16.5. The van der Waals surface area contributed by atoms with E-state index in [-0.39, 0.29) is 68.8 Å². The highest BCUT2D eigenvalue weighted by molar-refractivity contribution is 7.00. The molecule has 0 amide bonds. The summed E-state index contributed by atoms with van der Waals surface area (Å²) in [5.74, 6) is 0. The Kier molecular flexibility index (Phi) is 6.16. The van der Waals surface area contributed by atoms with E-state index in [1.54, 1.807) is 0 Å². The lowest BCUT2D eigenvalue weighted by molar-refractivity contribution is 0.406. The van der Waals surface area contributed by atoms with Crippen LogP contribution in [0.15, 0.2) is 0 Å². The van der Waals surface area contributed by atoms with Crippen molar-refractivity contribution in [1.82, 2.24) is 29.1 Å². The SMILES string of the molecule is CO[SiH2]N1[SiH2]N2[SiH]3N[SiH2]N([SiH2]C)[SiH2]N[SiH2]N3[SiH2]N(C)[SiH]12. The molecule has 3 rings (SSSR count). The molecule has 0 bridgehead atoms. The topological polar surface area (TPSA) is 49.5 Å². The molecule has 0 aromatic carbocycles. The van der Waals surface area contributed by atoms with E-state index in [1.807, 2.05) is 7.11 Å². The third kappa shape index (κ3) is 3.27. The fraction of sp³-hybridized carbons (Fsp3) is 1.00. The van der Waals surface area contributed by atoms with Crippen LogP contribution in [-0.4, -0.2) is 121 Å². The lowest BCUT2D eigenvalue weighted by atomic mass is 11.6. The van der Waals surface area contributed by atoms with Gasteiger partial charge in [-0.05, 0) is 7.05 Å². The lowest BCUT2D eigenvalue weighted by Gasteiger charge is -2.62. The minimum atomic E-state index is -0.878. The van der Waals surface area contributed by atoms with Crippen LogP contribution in [0.4, 0.5) is 0 Å². The van der Waals surface area contributed by atoms with E-state index in [4.69, 9.17) is 4.43 Å². The third-order valence-electron chi connectivity index (χ3n) is 4.32. The predicted octanol–water partition coefficient (Wildman–Crippen LogP) is -9.45. The van der Waals surface area contributed by atoms with Crippen molar-refractivity contribution < 1.29 is 4.43 Å². The van der Waals surface area contributed by atoms with Crippen molar-refractivity contribution in [3.8, 4) is 0 Å². The van der Waals surface area contributed by atoms with Crippen molar-refractivity contribution >= 4 is 87.4 Å². The fourth-order valence-corrected chi connectivity index (χ4v) is 57.6. The maximum atomic E-state index is 5.54. The lowest BCUT2D eigenvalue weighted by Crippen LogP contribution is -2.91. The first-order valence-corrected chi connectivity index (χ1v) is 20.3. The molecule has 3 fully saturated rings. The van der Waals surface area contributed by atoms with Crippen LogP contribution in [0.25, 0.3) is 0 Å². The zero-order valence-corrected chi connectivity index (χ0v) is 25.0. The Balaban J connectivity index is 1.66. The van der Waals surface area contributed by atoms with Gasteiger partial charge in [0.2, 0.25) is 28.5 Å². The minimum absolute atomic E-state index is 0.0584. The van der Waals surface area contributed by atoms with Crippen molar-refractivity contribution in [3.63, 3.8) is 0 Å². The minimum Gasteiger partial charge on any atom is -0.413 e. The van der Waals surface area contributed by atoms with Gasteiger partial charge in [-0.15, -0.1) is 0 Å². The van der Waals surface area contributed by atoms with Gasteiger partial charge in [0, 0.05) is 7.11 Å². The average molecular weight is 430 g/mol. The molecule has 3 saturated heterocycles. The van der Waals surface area contributed by atoms with Gasteiger partial charge in [0.1, 0.15) is 0 Å². The molecule has 20 heavy (non-hydrogen) atoms. The van der Waals surface area contributed by atoms with Gasteiger partial charge in [0.25, 0.3) is 0 Å². The highest BCUT2D eigenvalue weighted by Gasteiger charge is 2.51. The molecular formula is C3H27N7OSi9. The van der Waals surface area contributed by atoms with E-state index in [0.29, 0.717) is 0 Å². The van der Waals surface area contributed by atoms with Crippen LogP contribution in [0.2, 0.25) is 6.55 Å². The summed E-state index contributed by atoms with van der Waals surface area (Å²) in [7, 11) is 1.80. The van der Waals surface area contributed by atoms with Crippen LogP contribution >= 0.6 is 0 Å². The Bertz CT molecular complexity index is 341. The third-order valence-corrected chi connectivity index (χ3v) is 35.8. The number of hydrogen-bond donors (Lipinski definition) is 2. The summed E-state index contributed by atoms with van der Waals surface area (Å²) in [6, 6.07) is 0. The van der Waals surface area contributed by atoms with E-state index < -0.39 is 18.6 Å². The van der Waals surface area contributed by atoms with Crippen LogP contribution in [0.3, 0.4) is 0 Å². The van der Waals surface area contributed by atoms with E-state index in [1.165, 1.54) is 0 Å². The molecule has 0 aromatic rings. The zero-order chi connectivity index (χ0) is 14.1. The monoisotopic (exact) mass is 429 g/mol. The Morgan fingerprint density at radius 2 is 2.05 bits per heavy atom. The molecule has 17 heteroatoms. The normalized spacial score (nSPS) is 42.1. The van der Waals surface area contributed by atoms with Crippen LogP contribution < -0.4 is 9.30 Å². The molecule has 3 aliphatic heterocycles. The molecule has 2 atom stereocenters. The second-order valence-corrected chi connectivity index (χ2v) is 35.4. The number of hydrogen-bond acceptors (Lipinski definition) is 8. The summed E-state index contributed by atoms with van der Waals surface area (Å²) in [6.07, 6.45) is 0.